The fourth-order valence-electron chi connectivity index (χ4n) is 1.13. The first-order valence-electron chi connectivity index (χ1n) is 6.50. The van der Waals surface area contributed by atoms with Crippen LogP contribution in [0.1, 0.15) is 0 Å². The standard InChI is InChI=1S/C12H27ClO3Si4/c1-10-17(4,5)14-20(13,15-18(6,7)11-2)16-19(8,9)12-3/h10-12H,1-3H2,4-9H3. The Kier molecular flexibility index (Phi) is 7.10. The Balaban J connectivity index is 5.38. The molecule has 0 aliphatic rings. The first kappa shape index (κ1) is 20.3. The maximum atomic E-state index is 6.66. The molecular weight excluding hydrogens is 340 g/mol. The van der Waals surface area contributed by atoms with Gasteiger partial charge in [-0.15, -0.1) is 19.7 Å². The Morgan fingerprint density at radius 1 is 0.650 bits per heavy atom. The van der Waals surface area contributed by atoms with E-state index < -0.39 is 33.1 Å². The third kappa shape index (κ3) is 7.32. The summed E-state index contributed by atoms with van der Waals surface area (Å²) in [6, 6.07) is 0. The average molecular weight is 367 g/mol. The third-order valence-electron chi connectivity index (χ3n) is 2.63. The molecule has 0 heterocycles. The molecule has 0 atom stereocenters. The zero-order valence-corrected chi connectivity index (χ0v) is 18.2. The van der Waals surface area contributed by atoms with Gasteiger partial charge in [-0.1, -0.05) is 28.2 Å². The minimum absolute atomic E-state index is 1.83. The third-order valence-corrected chi connectivity index (χ3v) is 16.9. The topological polar surface area (TPSA) is 27.7 Å². The van der Waals surface area contributed by atoms with Crippen LogP contribution in [0.4, 0.5) is 0 Å². The Morgan fingerprint density at radius 3 is 1.00 bits per heavy atom. The number of rotatable bonds is 9. The van der Waals surface area contributed by atoms with Crippen LogP contribution in [0.2, 0.25) is 39.3 Å². The predicted molar refractivity (Wildman–Crippen MR) is 97.9 cm³/mol. The Morgan fingerprint density at radius 2 is 0.850 bits per heavy atom. The molecular formula is C12H27ClO3Si4. The van der Waals surface area contributed by atoms with E-state index in [-0.39, 0.29) is 0 Å². The van der Waals surface area contributed by atoms with Crippen molar-refractivity contribution in [1.82, 2.24) is 0 Å². The van der Waals surface area contributed by atoms with Crippen molar-refractivity contribution in [2.24, 2.45) is 0 Å². The van der Waals surface area contributed by atoms with Gasteiger partial charge in [-0.05, 0) is 39.3 Å². The van der Waals surface area contributed by atoms with Gasteiger partial charge in [-0.25, -0.2) is 0 Å². The fourth-order valence-corrected chi connectivity index (χ4v) is 16.7. The van der Waals surface area contributed by atoms with Crippen molar-refractivity contribution < 1.29 is 12.3 Å². The van der Waals surface area contributed by atoms with Crippen LogP contribution >= 0.6 is 11.1 Å². The molecule has 0 N–H and O–H groups in total. The maximum absolute atomic E-state index is 6.66. The van der Waals surface area contributed by atoms with Gasteiger partial charge < -0.3 is 12.3 Å². The zero-order valence-electron chi connectivity index (χ0n) is 13.5. The van der Waals surface area contributed by atoms with Crippen LogP contribution in [0.5, 0.6) is 0 Å². The van der Waals surface area contributed by atoms with E-state index in [0.29, 0.717) is 0 Å². The van der Waals surface area contributed by atoms with Crippen LogP contribution in [0.25, 0.3) is 0 Å². The molecule has 0 aromatic rings. The molecule has 0 bridgehead atoms. The molecule has 0 radical (unpaired) electrons. The Hall–Kier alpha value is 0.258. The summed E-state index contributed by atoms with van der Waals surface area (Å²) in [4.78, 5) is 0. The second-order valence-corrected chi connectivity index (χ2v) is 21.9. The van der Waals surface area contributed by atoms with Gasteiger partial charge in [0.25, 0.3) is 0 Å². The highest BCUT2D eigenvalue weighted by Gasteiger charge is 2.50. The SMILES string of the molecule is C=C[Si](C)(C)O[Si](Cl)(O[Si](C)(C)C=C)O[Si](C)(C)C=C. The molecule has 0 aliphatic heterocycles. The van der Waals surface area contributed by atoms with Crippen LogP contribution in [0.3, 0.4) is 0 Å². The smallest absolute Gasteiger partial charge is 0.401 e. The van der Waals surface area contributed by atoms with Gasteiger partial charge in [0, 0.05) is 0 Å². The van der Waals surface area contributed by atoms with Crippen molar-refractivity contribution in [2.75, 3.05) is 0 Å². The quantitative estimate of drug-likeness (QED) is 0.444. The van der Waals surface area contributed by atoms with Gasteiger partial charge in [0.1, 0.15) is 0 Å². The van der Waals surface area contributed by atoms with Crippen molar-refractivity contribution in [1.29, 1.82) is 0 Å². The average Bonchev–Trinajstić information content (AvgIpc) is 2.26. The predicted octanol–water partition coefficient (Wildman–Crippen LogP) is 4.50. The Bertz CT molecular complexity index is 328. The highest BCUT2D eigenvalue weighted by atomic mass is 35.6. The molecule has 0 aliphatic carbocycles. The van der Waals surface area contributed by atoms with Gasteiger partial charge in [0.2, 0.25) is 25.0 Å². The summed E-state index contributed by atoms with van der Waals surface area (Å²) >= 11 is 6.66. The summed E-state index contributed by atoms with van der Waals surface area (Å²) in [5.74, 6) is 0. The van der Waals surface area contributed by atoms with Crippen molar-refractivity contribution in [3.8, 4) is 0 Å². The lowest BCUT2D eigenvalue weighted by Gasteiger charge is -2.38. The molecule has 0 unspecified atom stereocenters. The summed E-state index contributed by atoms with van der Waals surface area (Å²) in [6.45, 7) is 23.6. The number of hydrogen-bond acceptors (Lipinski definition) is 3. The second kappa shape index (κ2) is 7.01. The maximum Gasteiger partial charge on any atom is 0.582 e. The largest absolute Gasteiger partial charge is 0.582 e. The first-order chi connectivity index (χ1) is 8.80. The van der Waals surface area contributed by atoms with Crippen LogP contribution in [0.15, 0.2) is 36.8 Å². The first-order valence-corrected chi connectivity index (χ1v) is 18.2. The molecule has 20 heavy (non-hydrogen) atoms. The molecule has 0 saturated carbocycles. The highest BCUT2D eigenvalue weighted by molar-refractivity contribution is 7.17. The molecule has 8 heteroatoms. The minimum Gasteiger partial charge on any atom is -0.401 e. The molecule has 0 amide bonds. The molecule has 0 aromatic heterocycles. The second-order valence-electron chi connectivity index (χ2n) is 6.21. The molecule has 0 saturated heterocycles. The summed E-state index contributed by atoms with van der Waals surface area (Å²) in [7, 11) is -9.63. The summed E-state index contributed by atoms with van der Waals surface area (Å²) in [6.07, 6.45) is 0. The lowest BCUT2D eigenvalue weighted by Crippen LogP contribution is -2.57. The zero-order chi connectivity index (χ0) is 16.2. The van der Waals surface area contributed by atoms with E-state index in [2.05, 4.69) is 19.7 Å². The molecule has 0 spiro atoms. The van der Waals surface area contributed by atoms with E-state index in [1.54, 1.807) is 0 Å². The lowest BCUT2D eigenvalue weighted by atomic mass is 11.3. The molecule has 116 valence electrons. The van der Waals surface area contributed by atoms with Gasteiger partial charge in [0.05, 0.1) is 0 Å². The van der Waals surface area contributed by atoms with E-state index in [4.69, 9.17) is 23.4 Å². The highest BCUT2D eigenvalue weighted by Crippen LogP contribution is 2.29. The molecule has 0 fully saturated rings. The van der Waals surface area contributed by atoms with Crippen LogP contribution < -0.4 is 0 Å². The van der Waals surface area contributed by atoms with Crippen molar-refractivity contribution >= 4 is 44.1 Å². The molecule has 3 nitrogen and oxygen atoms in total. The lowest BCUT2D eigenvalue weighted by molar-refractivity contribution is 0.288. The van der Waals surface area contributed by atoms with Crippen molar-refractivity contribution in [2.45, 2.75) is 39.3 Å². The molecule has 0 aromatic carbocycles. The summed E-state index contributed by atoms with van der Waals surface area (Å²) in [5.41, 5.74) is 5.48. The van der Waals surface area contributed by atoms with E-state index in [0.717, 1.165) is 0 Å². The van der Waals surface area contributed by atoms with E-state index in [1.807, 2.05) is 56.4 Å². The Labute approximate surface area is 132 Å². The number of halogens is 1. The van der Waals surface area contributed by atoms with Crippen LogP contribution in [-0.4, -0.2) is 33.1 Å². The van der Waals surface area contributed by atoms with Crippen LogP contribution in [0, 0.1) is 0 Å². The van der Waals surface area contributed by atoms with Gasteiger partial charge in [-0.3, -0.25) is 0 Å². The molecule has 0 rings (SSSR count). The van der Waals surface area contributed by atoms with Crippen molar-refractivity contribution in [3.05, 3.63) is 36.8 Å². The van der Waals surface area contributed by atoms with Gasteiger partial charge >= 0.3 is 8.11 Å². The normalized spacial score (nSPS) is 13.9. The van der Waals surface area contributed by atoms with E-state index >= 15 is 0 Å². The van der Waals surface area contributed by atoms with Crippen molar-refractivity contribution in [3.63, 3.8) is 0 Å². The summed E-state index contributed by atoms with van der Waals surface area (Å²) < 4.78 is 18.3. The van der Waals surface area contributed by atoms with E-state index in [1.165, 1.54) is 0 Å². The van der Waals surface area contributed by atoms with Crippen LogP contribution in [-0.2, 0) is 12.3 Å². The van der Waals surface area contributed by atoms with E-state index in [9.17, 15) is 0 Å². The summed E-state index contributed by atoms with van der Waals surface area (Å²) in [5, 5.41) is 0. The number of hydrogen-bond donors (Lipinski definition) is 0. The monoisotopic (exact) mass is 366 g/mol. The van der Waals surface area contributed by atoms with Gasteiger partial charge in [0.15, 0.2) is 0 Å². The van der Waals surface area contributed by atoms with Gasteiger partial charge in [-0.2, -0.15) is 0 Å². The fraction of sp³-hybridized carbons (Fsp3) is 0.500. The minimum atomic E-state index is -3.27.